The second-order valence-corrected chi connectivity index (χ2v) is 6.86. The summed E-state index contributed by atoms with van der Waals surface area (Å²) in [6.45, 7) is 6.99. The second-order valence-electron chi connectivity index (χ2n) is 6.86. The highest BCUT2D eigenvalue weighted by Crippen LogP contribution is 2.18. The van der Waals surface area contributed by atoms with E-state index in [1.54, 1.807) is 0 Å². The van der Waals surface area contributed by atoms with Gasteiger partial charge in [0.05, 0.1) is 0 Å². The molecule has 2 aliphatic heterocycles. The second kappa shape index (κ2) is 9.11. The molecule has 2 saturated heterocycles. The average Bonchev–Trinajstić information content (AvgIpc) is 3.03. The van der Waals surface area contributed by atoms with E-state index in [9.17, 15) is 4.79 Å². The third kappa shape index (κ3) is 5.68. The Hall–Kier alpha value is -1.30. The fourth-order valence-corrected chi connectivity index (χ4v) is 3.46. The van der Waals surface area contributed by atoms with Crippen LogP contribution in [0.1, 0.15) is 39.0 Å². The van der Waals surface area contributed by atoms with Gasteiger partial charge in [-0.05, 0) is 51.7 Å². The van der Waals surface area contributed by atoms with Gasteiger partial charge in [0.2, 0.25) is 5.91 Å². The van der Waals surface area contributed by atoms with Gasteiger partial charge in [-0.15, -0.1) is 0 Å². The SMILES string of the molecule is CCC(=O)N1CCC(NC(=NC)NCCC2CCN(C)CC2)C1. The third-order valence-electron chi connectivity index (χ3n) is 5.09. The molecule has 0 radical (unpaired) electrons. The van der Waals surface area contributed by atoms with Crippen LogP contribution in [0.25, 0.3) is 0 Å². The Morgan fingerprint density at radius 3 is 2.61 bits per heavy atom. The molecule has 2 heterocycles. The van der Waals surface area contributed by atoms with Crippen LogP contribution in [0.2, 0.25) is 0 Å². The summed E-state index contributed by atoms with van der Waals surface area (Å²) in [4.78, 5) is 20.4. The lowest BCUT2D eigenvalue weighted by atomic mass is 9.94. The zero-order valence-electron chi connectivity index (χ0n) is 15.0. The van der Waals surface area contributed by atoms with Crippen LogP contribution < -0.4 is 10.6 Å². The van der Waals surface area contributed by atoms with Crippen molar-refractivity contribution in [3.8, 4) is 0 Å². The van der Waals surface area contributed by atoms with Gasteiger partial charge in [0.15, 0.2) is 5.96 Å². The van der Waals surface area contributed by atoms with Gasteiger partial charge in [0.25, 0.3) is 0 Å². The van der Waals surface area contributed by atoms with Crippen molar-refractivity contribution < 1.29 is 4.79 Å². The molecule has 0 aromatic carbocycles. The molecule has 132 valence electrons. The van der Waals surface area contributed by atoms with E-state index in [1.165, 1.54) is 32.4 Å². The van der Waals surface area contributed by atoms with E-state index in [0.717, 1.165) is 37.9 Å². The fourth-order valence-electron chi connectivity index (χ4n) is 3.46. The molecule has 6 nitrogen and oxygen atoms in total. The molecule has 23 heavy (non-hydrogen) atoms. The van der Waals surface area contributed by atoms with Gasteiger partial charge in [-0.2, -0.15) is 0 Å². The predicted molar refractivity (Wildman–Crippen MR) is 94.6 cm³/mol. The zero-order chi connectivity index (χ0) is 16.7. The molecule has 0 spiro atoms. The highest BCUT2D eigenvalue weighted by Gasteiger charge is 2.25. The molecular formula is C17H33N5O. The maximum Gasteiger partial charge on any atom is 0.222 e. The van der Waals surface area contributed by atoms with E-state index < -0.39 is 0 Å². The monoisotopic (exact) mass is 323 g/mol. The van der Waals surface area contributed by atoms with E-state index >= 15 is 0 Å². The Kier molecular flexibility index (Phi) is 7.15. The maximum absolute atomic E-state index is 11.7. The van der Waals surface area contributed by atoms with Crippen molar-refractivity contribution in [3.63, 3.8) is 0 Å². The van der Waals surface area contributed by atoms with E-state index in [2.05, 4.69) is 27.6 Å². The van der Waals surface area contributed by atoms with Gasteiger partial charge < -0.3 is 20.4 Å². The molecule has 6 heteroatoms. The van der Waals surface area contributed by atoms with Crippen LogP contribution in [0.4, 0.5) is 0 Å². The summed E-state index contributed by atoms with van der Waals surface area (Å²) in [5.41, 5.74) is 0. The molecule has 0 aromatic rings. The highest BCUT2D eigenvalue weighted by atomic mass is 16.2. The Balaban J connectivity index is 1.65. The average molecular weight is 323 g/mol. The van der Waals surface area contributed by atoms with Gasteiger partial charge >= 0.3 is 0 Å². The molecule has 2 aliphatic rings. The van der Waals surface area contributed by atoms with E-state index in [1.807, 2.05) is 18.9 Å². The molecule has 0 aromatic heterocycles. The number of hydrogen-bond donors (Lipinski definition) is 2. The number of rotatable bonds is 5. The smallest absolute Gasteiger partial charge is 0.222 e. The van der Waals surface area contributed by atoms with Crippen molar-refractivity contribution >= 4 is 11.9 Å². The summed E-state index contributed by atoms with van der Waals surface area (Å²) in [5, 5.41) is 6.89. The van der Waals surface area contributed by atoms with Crippen LogP contribution in [0.15, 0.2) is 4.99 Å². The first-order valence-corrected chi connectivity index (χ1v) is 9.05. The lowest BCUT2D eigenvalue weighted by molar-refractivity contribution is -0.129. The summed E-state index contributed by atoms with van der Waals surface area (Å²) < 4.78 is 0. The van der Waals surface area contributed by atoms with Crippen LogP contribution in [-0.2, 0) is 4.79 Å². The summed E-state index contributed by atoms with van der Waals surface area (Å²) in [5.74, 6) is 1.95. The Morgan fingerprint density at radius 1 is 1.22 bits per heavy atom. The molecule has 0 saturated carbocycles. The molecule has 1 atom stereocenters. The fraction of sp³-hybridized carbons (Fsp3) is 0.882. The van der Waals surface area contributed by atoms with Gasteiger partial charge in [-0.25, -0.2) is 0 Å². The van der Waals surface area contributed by atoms with Gasteiger partial charge in [-0.3, -0.25) is 9.79 Å². The maximum atomic E-state index is 11.7. The predicted octanol–water partition coefficient (Wildman–Crippen LogP) is 0.894. The van der Waals surface area contributed by atoms with Crippen LogP contribution in [0.3, 0.4) is 0 Å². The molecule has 2 rings (SSSR count). The number of hydrogen-bond acceptors (Lipinski definition) is 3. The standard InChI is InChI=1S/C17H33N5O/c1-4-16(23)22-12-8-15(13-22)20-17(18-2)19-9-5-14-6-10-21(3)11-7-14/h14-15H,4-13H2,1-3H3,(H2,18,19,20). The minimum Gasteiger partial charge on any atom is -0.356 e. The topological polar surface area (TPSA) is 60.0 Å². The number of carbonyl (C=O) groups excluding carboxylic acids is 1. The van der Waals surface area contributed by atoms with Crippen LogP contribution in [-0.4, -0.2) is 74.5 Å². The summed E-state index contributed by atoms with van der Waals surface area (Å²) in [7, 11) is 4.02. The number of carbonyl (C=O) groups is 1. The molecule has 1 amide bonds. The molecule has 1 unspecified atom stereocenters. The van der Waals surface area contributed by atoms with Gasteiger partial charge in [0, 0.05) is 39.1 Å². The number of guanidine groups is 1. The van der Waals surface area contributed by atoms with E-state index in [4.69, 9.17) is 0 Å². The van der Waals surface area contributed by atoms with Gasteiger partial charge in [0.1, 0.15) is 0 Å². The number of nitrogens with zero attached hydrogens (tertiary/aromatic N) is 3. The first kappa shape index (κ1) is 18.0. The van der Waals surface area contributed by atoms with Crippen molar-refractivity contribution in [2.45, 2.75) is 45.1 Å². The third-order valence-corrected chi connectivity index (χ3v) is 5.09. The lowest BCUT2D eigenvalue weighted by Gasteiger charge is -2.29. The lowest BCUT2D eigenvalue weighted by Crippen LogP contribution is -2.45. The van der Waals surface area contributed by atoms with Crippen LogP contribution in [0, 0.1) is 5.92 Å². The number of likely N-dealkylation sites (tertiary alicyclic amines) is 2. The van der Waals surface area contributed by atoms with Crippen molar-refractivity contribution in [1.82, 2.24) is 20.4 Å². The van der Waals surface area contributed by atoms with E-state index in [0.29, 0.717) is 12.5 Å². The zero-order valence-corrected chi connectivity index (χ0v) is 15.0. The summed E-state index contributed by atoms with van der Waals surface area (Å²) in [6, 6.07) is 0.319. The quantitative estimate of drug-likeness (QED) is 0.583. The number of nitrogens with one attached hydrogen (secondary N) is 2. The highest BCUT2D eigenvalue weighted by molar-refractivity contribution is 5.80. The molecular weight excluding hydrogens is 290 g/mol. The first-order valence-electron chi connectivity index (χ1n) is 9.05. The number of aliphatic imine (C=N–C) groups is 1. The Morgan fingerprint density at radius 2 is 1.96 bits per heavy atom. The van der Waals surface area contributed by atoms with Crippen LogP contribution >= 0.6 is 0 Å². The Labute approximate surface area is 140 Å². The summed E-state index contributed by atoms with van der Waals surface area (Å²) >= 11 is 0. The van der Waals surface area contributed by atoms with E-state index in [-0.39, 0.29) is 5.91 Å². The molecule has 0 aliphatic carbocycles. The van der Waals surface area contributed by atoms with Crippen molar-refractivity contribution in [1.29, 1.82) is 0 Å². The normalized spacial score (nSPS) is 24.0. The minimum absolute atomic E-state index is 0.250. The molecule has 2 N–H and O–H groups in total. The number of amides is 1. The van der Waals surface area contributed by atoms with Crippen molar-refractivity contribution in [3.05, 3.63) is 0 Å². The Bertz CT molecular complexity index is 404. The first-order chi connectivity index (χ1) is 11.1. The van der Waals surface area contributed by atoms with Gasteiger partial charge in [-0.1, -0.05) is 6.92 Å². The molecule has 0 bridgehead atoms. The number of piperidine rings is 1. The van der Waals surface area contributed by atoms with Crippen LogP contribution in [0.5, 0.6) is 0 Å². The minimum atomic E-state index is 0.250. The van der Waals surface area contributed by atoms with Crippen molar-refractivity contribution in [2.75, 3.05) is 46.8 Å². The largest absolute Gasteiger partial charge is 0.356 e. The van der Waals surface area contributed by atoms with Crippen molar-refractivity contribution in [2.24, 2.45) is 10.9 Å². The summed E-state index contributed by atoms with van der Waals surface area (Å²) in [6.07, 6.45) is 5.42. The molecule has 2 fully saturated rings.